The maximum absolute atomic E-state index is 13.2. The molecule has 18 heavy (non-hydrogen) atoms. The second kappa shape index (κ2) is 5.49. The summed E-state index contributed by atoms with van der Waals surface area (Å²) in [6.45, 7) is 0. The fraction of sp³-hybridized carbons (Fsp3) is 0.100. The molecule has 1 aromatic heterocycles. The van der Waals surface area contributed by atoms with Gasteiger partial charge in [-0.3, -0.25) is 4.79 Å². The molecule has 0 spiro atoms. The molecule has 2 aromatic rings. The van der Waals surface area contributed by atoms with Crippen LogP contribution < -0.4 is 0 Å². The highest BCUT2D eigenvalue weighted by Crippen LogP contribution is 2.24. The van der Waals surface area contributed by atoms with Crippen LogP contribution in [0.3, 0.4) is 0 Å². The van der Waals surface area contributed by atoms with Gasteiger partial charge in [-0.2, -0.15) is 4.98 Å². The molecular formula is C10H6BrFN2O3S. The van der Waals surface area contributed by atoms with Crippen molar-refractivity contribution in [3.8, 4) is 11.4 Å². The second-order valence-corrected chi connectivity index (χ2v) is 5.07. The Morgan fingerprint density at radius 1 is 1.50 bits per heavy atom. The van der Waals surface area contributed by atoms with E-state index in [4.69, 9.17) is 9.63 Å². The van der Waals surface area contributed by atoms with Crippen molar-refractivity contribution in [2.75, 3.05) is 5.75 Å². The van der Waals surface area contributed by atoms with Gasteiger partial charge in [-0.1, -0.05) is 32.8 Å². The van der Waals surface area contributed by atoms with Gasteiger partial charge in [-0.05, 0) is 18.2 Å². The number of hydrogen-bond acceptors (Lipinski definition) is 5. The number of aliphatic carboxylic acids is 1. The van der Waals surface area contributed by atoms with Gasteiger partial charge < -0.3 is 9.63 Å². The van der Waals surface area contributed by atoms with E-state index in [-0.39, 0.29) is 16.8 Å². The lowest BCUT2D eigenvalue weighted by Crippen LogP contribution is -1.97. The summed E-state index contributed by atoms with van der Waals surface area (Å²) in [7, 11) is 0. The predicted octanol–water partition coefficient (Wildman–Crippen LogP) is 2.81. The first kappa shape index (κ1) is 13.0. The second-order valence-electron chi connectivity index (χ2n) is 3.22. The largest absolute Gasteiger partial charge is 0.481 e. The summed E-state index contributed by atoms with van der Waals surface area (Å²) in [5.41, 5.74) is 0.452. The molecule has 0 fully saturated rings. The third-order valence-electron chi connectivity index (χ3n) is 1.85. The lowest BCUT2D eigenvalue weighted by molar-refractivity contribution is -0.133. The lowest BCUT2D eigenvalue weighted by Gasteiger charge is -1.96. The van der Waals surface area contributed by atoms with E-state index in [2.05, 4.69) is 26.1 Å². The van der Waals surface area contributed by atoms with Crippen LogP contribution in [0.5, 0.6) is 0 Å². The van der Waals surface area contributed by atoms with Gasteiger partial charge in [0, 0.05) is 10.0 Å². The lowest BCUT2D eigenvalue weighted by atomic mass is 10.2. The van der Waals surface area contributed by atoms with Gasteiger partial charge in [0.05, 0.1) is 0 Å². The number of rotatable bonds is 4. The molecule has 0 atom stereocenters. The van der Waals surface area contributed by atoms with Gasteiger partial charge in [-0.15, -0.1) is 0 Å². The van der Waals surface area contributed by atoms with E-state index in [1.807, 2.05) is 0 Å². The molecule has 1 aromatic carbocycles. The number of carboxylic acid groups (broad SMARTS) is 1. The van der Waals surface area contributed by atoms with Crippen LogP contribution in [0.1, 0.15) is 0 Å². The van der Waals surface area contributed by atoms with Gasteiger partial charge in [-0.25, -0.2) is 4.39 Å². The highest BCUT2D eigenvalue weighted by molar-refractivity contribution is 9.10. The number of hydrogen-bond donors (Lipinski definition) is 1. The van der Waals surface area contributed by atoms with Gasteiger partial charge >= 0.3 is 5.97 Å². The number of nitrogens with zero attached hydrogens (tertiary/aromatic N) is 2. The number of benzene rings is 1. The number of aromatic nitrogens is 2. The maximum atomic E-state index is 13.2. The SMILES string of the molecule is O=C(O)CSc1nc(-c2cc(F)cc(Br)c2)no1. The summed E-state index contributed by atoms with van der Waals surface area (Å²) >= 11 is 4.06. The Morgan fingerprint density at radius 2 is 2.28 bits per heavy atom. The van der Waals surface area contributed by atoms with E-state index < -0.39 is 11.8 Å². The van der Waals surface area contributed by atoms with Crippen LogP contribution in [0.4, 0.5) is 4.39 Å². The zero-order valence-corrected chi connectivity index (χ0v) is 11.2. The Kier molecular flexibility index (Phi) is 3.97. The van der Waals surface area contributed by atoms with Crippen LogP contribution >= 0.6 is 27.7 Å². The predicted molar refractivity (Wildman–Crippen MR) is 65.8 cm³/mol. The minimum Gasteiger partial charge on any atom is -0.481 e. The van der Waals surface area contributed by atoms with Crippen LogP contribution in [-0.2, 0) is 4.79 Å². The fourth-order valence-electron chi connectivity index (χ4n) is 1.19. The van der Waals surface area contributed by atoms with Crippen LogP contribution in [0, 0.1) is 5.82 Å². The van der Waals surface area contributed by atoms with E-state index in [1.54, 1.807) is 6.07 Å². The van der Waals surface area contributed by atoms with Crippen molar-refractivity contribution < 1.29 is 18.8 Å². The van der Waals surface area contributed by atoms with Gasteiger partial charge in [0.1, 0.15) is 11.6 Å². The summed E-state index contributed by atoms with van der Waals surface area (Å²) in [5.74, 6) is -1.37. The number of halogens is 2. The molecule has 1 N–H and O–H groups in total. The first-order valence-electron chi connectivity index (χ1n) is 4.69. The summed E-state index contributed by atoms with van der Waals surface area (Å²) < 4.78 is 18.6. The molecule has 8 heteroatoms. The van der Waals surface area contributed by atoms with Gasteiger partial charge in [0.2, 0.25) is 5.82 Å². The van der Waals surface area contributed by atoms with E-state index in [1.165, 1.54) is 12.1 Å². The Balaban J connectivity index is 2.21. The number of carboxylic acids is 1. The summed E-state index contributed by atoms with van der Waals surface area (Å²) in [6.07, 6.45) is 0. The monoisotopic (exact) mass is 332 g/mol. The first-order valence-corrected chi connectivity index (χ1v) is 6.47. The average Bonchev–Trinajstić information content (AvgIpc) is 2.73. The molecule has 0 saturated carbocycles. The highest BCUT2D eigenvalue weighted by Gasteiger charge is 2.12. The molecule has 0 aliphatic heterocycles. The third-order valence-corrected chi connectivity index (χ3v) is 3.11. The van der Waals surface area contributed by atoms with Crippen molar-refractivity contribution in [2.45, 2.75) is 5.22 Å². The Hall–Kier alpha value is -1.41. The van der Waals surface area contributed by atoms with Crippen LogP contribution in [0.15, 0.2) is 32.4 Å². The number of carbonyl (C=O) groups is 1. The molecule has 0 saturated heterocycles. The summed E-state index contributed by atoms with van der Waals surface area (Å²) in [5, 5.41) is 12.3. The van der Waals surface area contributed by atoms with Crippen molar-refractivity contribution >= 4 is 33.7 Å². The smallest absolute Gasteiger partial charge is 0.314 e. The van der Waals surface area contributed by atoms with Crippen LogP contribution in [0.25, 0.3) is 11.4 Å². The van der Waals surface area contributed by atoms with E-state index in [0.717, 1.165) is 11.8 Å². The quantitative estimate of drug-likeness (QED) is 0.867. The molecule has 0 radical (unpaired) electrons. The molecule has 0 unspecified atom stereocenters. The summed E-state index contributed by atoms with van der Waals surface area (Å²) in [6, 6.07) is 4.21. The molecule has 0 bridgehead atoms. The highest BCUT2D eigenvalue weighted by atomic mass is 79.9. The van der Waals surface area contributed by atoms with Crippen molar-refractivity contribution in [1.82, 2.24) is 10.1 Å². The molecule has 94 valence electrons. The normalized spacial score (nSPS) is 10.6. The minimum absolute atomic E-state index is 0.132. The van der Waals surface area contributed by atoms with Crippen molar-refractivity contribution in [2.24, 2.45) is 0 Å². The summed E-state index contributed by atoms with van der Waals surface area (Å²) in [4.78, 5) is 14.3. The van der Waals surface area contributed by atoms with Crippen molar-refractivity contribution in [3.63, 3.8) is 0 Å². The number of thioether (sulfide) groups is 1. The molecule has 1 heterocycles. The average molecular weight is 333 g/mol. The Morgan fingerprint density at radius 3 is 2.94 bits per heavy atom. The zero-order chi connectivity index (χ0) is 13.1. The van der Waals surface area contributed by atoms with Gasteiger partial charge in [0.25, 0.3) is 5.22 Å². The standard InChI is InChI=1S/C10H6BrFN2O3S/c11-6-1-5(2-7(12)3-6)9-13-10(17-14-9)18-4-8(15)16/h1-3H,4H2,(H,15,16). The topological polar surface area (TPSA) is 76.2 Å². The molecule has 0 amide bonds. The third kappa shape index (κ3) is 3.30. The maximum Gasteiger partial charge on any atom is 0.314 e. The van der Waals surface area contributed by atoms with E-state index >= 15 is 0 Å². The van der Waals surface area contributed by atoms with Crippen LogP contribution in [0.2, 0.25) is 0 Å². The molecular weight excluding hydrogens is 327 g/mol. The van der Waals surface area contributed by atoms with Crippen LogP contribution in [-0.4, -0.2) is 27.0 Å². The van der Waals surface area contributed by atoms with E-state index in [0.29, 0.717) is 10.0 Å². The van der Waals surface area contributed by atoms with E-state index in [9.17, 15) is 9.18 Å². The van der Waals surface area contributed by atoms with Crippen molar-refractivity contribution in [3.05, 3.63) is 28.5 Å². The van der Waals surface area contributed by atoms with Gasteiger partial charge in [0.15, 0.2) is 0 Å². The minimum atomic E-state index is -0.978. The zero-order valence-electron chi connectivity index (χ0n) is 8.76. The fourth-order valence-corrected chi connectivity index (χ4v) is 2.15. The molecule has 5 nitrogen and oxygen atoms in total. The Bertz CT molecular complexity index is 570. The molecule has 0 aliphatic rings. The first-order chi connectivity index (χ1) is 8.54. The molecule has 2 rings (SSSR count). The Labute approximate surface area is 114 Å². The van der Waals surface area contributed by atoms with Crippen molar-refractivity contribution in [1.29, 1.82) is 0 Å². The molecule has 0 aliphatic carbocycles.